The molecule has 0 saturated carbocycles. The Bertz CT molecular complexity index is 477. The summed E-state index contributed by atoms with van der Waals surface area (Å²) in [6, 6.07) is 8.73. The molecule has 1 aromatic carbocycles. The van der Waals surface area contributed by atoms with Crippen molar-refractivity contribution in [3.63, 3.8) is 0 Å². The lowest BCUT2D eigenvalue weighted by molar-refractivity contribution is -0.130. The van der Waals surface area contributed by atoms with Crippen molar-refractivity contribution in [3.05, 3.63) is 35.4 Å². The number of likely N-dealkylation sites (tertiary alicyclic amines) is 1. The molecule has 0 aliphatic carbocycles. The highest BCUT2D eigenvalue weighted by Gasteiger charge is 2.46. The first kappa shape index (κ1) is 14.4. The Hall–Kier alpha value is -1.06. The molecule has 104 valence electrons. The third-order valence-electron chi connectivity index (χ3n) is 4.48. The van der Waals surface area contributed by atoms with Gasteiger partial charge in [0.25, 0.3) is 0 Å². The maximum absolute atomic E-state index is 11.9. The molecule has 0 aromatic heterocycles. The van der Waals surface area contributed by atoms with E-state index in [4.69, 9.17) is 0 Å². The van der Waals surface area contributed by atoms with Crippen LogP contribution in [0.1, 0.15) is 24.1 Å². The molecule has 0 bridgehead atoms. The van der Waals surface area contributed by atoms with Crippen molar-refractivity contribution < 1.29 is 4.79 Å². The van der Waals surface area contributed by atoms with Crippen LogP contribution >= 0.6 is 12.4 Å². The van der Waals surface area contributed by atoms with Crippen molar-refractivity contribution in [2.24, 2.45) is 11.8 Å². The lowest BCUT2D eigenvalue weighted by atomic mass is 9.87. The Labute approximate surface area is 120 Å². The van der Waals surface area contributed by atoms with Gasteiger partial charge in [0.15, 0.2) is 0 Å². The summed E-state index contributed by atoms with van der Waals surface area (Å²) in [6.45, 7) is 6.83. The van der Waals surface area contributed by atoms with Gasteiger partial charge in [-0.1, -0.05) is 24.3 Å². The molecular weight excluding hydrogens is 260 g/mol. The summed E-state index contributed by atoms with van der Waals surface area (Å²) in [6.07, 6.45) is 0. The molecule has 2 aliphatic rings. The zero-order chi connectivity index (χ0) is 12.7. The van der Waals surface area contributed by atoms with Crippen molar-refractivity contribution in [1.29, 1.82) is 0 Å². The first-order valence-corrected chi connectivity index (χ1v) is 6.72. The minimum Gasteiger partial charge on any atom is -0.335 e. The largest absolute Gasteiger partial charge is 0.335 e. The number of aryl methyl sites for hydroxylation is 1. The molecule has 1 aromatic rings. The summed E-state index contributed by atoms with van der Waals surface area (Å²) in [5.41, 5.74) is 2.62. The van der Waals surface area contributed by atoms with Gasteiger partial charge in [0.2, 0.25) is 5.91 Å². The van der Waals surface area contributed by atoms with E-state index in [2.05, 4.69) is 41.4 Å². The molecule has 19 heavy (non-hydrogen) atoms. The van der Waals surface area contributed by atoms with Crippen LogP contribution < -0.4 is 5.32 Å². The minimum absolute atomic E-state index is 0. The van der Waals surface area contributed by atoms with E-state index in [9.17, 15) is 4.79 Å². The average molecular weight is 281 g/mol. The number of carbonyl (C=O) groups is 1. The number of fused-ring (bicyclic) bond motifs is 1. The monoisotopic (exact) mass is 280 g/mol. The third kappa shape index (κ3) is 2.37. The predicted octanol–water partition coefficient (Wildman–Crippen LogP) is 2.16. The molecule has 2 saturated heterocycles. The predicted molar refractivity (Wildman–Crippen MR) is 78.4 cm³/mol. The summed E-state index contributed by atoms with van der Waals surface area (Å²) in [4.78, 5) is 13.9. The third-order valence-corrected chi connectivity index (χ3v) is 4.48. The quantitative estimate of drug-likeness (QED) is 0.855. The molecule has 1 amide bonds. The SMILES string of the molecule is CC(=O)N1C[C@H]2CNC[C@H]2[C@@H]1c1ccccc1C.Cl. The van der Waals surface area contributed by atoms with Crippen molar-refractivity contribution in [2.45, 2.75) is 19.9 Å². The van der Waals surface area contributed by atoms with Crippen LogP contribution in [0, 0.1) is 18.8 Å². The maximum atomic E-state index is 11.9. The van der Waals surface area contributed by atoms with Crippen molar-refractivity contribution in [1.82, 2.24) is 10.2 Å². The fourth-order valence-electron chi connectivity index (χ4n) is 3.56. The smallest absolute Gasteiger partial charge is 0.219 e. The average Bonchev–Trinajstić information content (AvgIpc) is 2.89. The van der Waals surface area contributed by atoms with E-state index in [0.717, 1.165) is 19.6 Å². The van der Waals surface area contributed by atoms with Gasteiger partial charge in [-0.15, -0.1) is 12.4 Å². The molecule has 2 heterocycles. The Morgan fingerprint density at radius 2 is 2.05 bits per heavy atom. The Kier molecular flexibility index (Phi) is 4.16. The number of nitrogens with zero attached hydrogens (tertiary/aromatic N) is 1. The van der Waals surface area contributed by atoms with Crippen LogP contribution in [0.25, 0.3) is 0 Å². The van der Waals surface area contributed by atoms with Crippen LogP contribution in [0.2, 0.25) is 0 Å². The van der Waals surface area contributed by atoms with Gasteiger partial charge in [0.05, 0.1) is 6.04 Å². The molecule has 3 nitrogen and oxygen atoms in total. The standard InChI is InChI=1S/C15H20N2O.ClH/c1-10-5-3-4-6-13(10)15-14-8-16-7-12(14)9-17(15)11(2)18;/h3-6,12,14-16H,7-9H2,1-2H3;1H/t12-,14-,15+;/m1./s1. The van der Waals surface area contributed by atoms with Gasteiger partial charge >= 0.3 is 0 Å². The lowest BCUT2D eigenvalue weighted by Gasteiger charge is -2.28. The fourth-order valence-corrected chi connectivity index (χ4v) is 3.56. The molecule has 1 N–H and O–H groups in total. The van der Waals surface area contributed by atoms with Crippen LogP contribution in [-0.2, 0) is 4.79 Å². The highest BCUT2D eigenvalue weighted by atomic mass is 35.5. The number of benzene rings is 1. The lowest BCUT2D eigenvalue weighted by Crippen LogP contribution is -2.33. The topological polar surface area (TPSA) is 32.3 Å². The molecule has 2 aliphatic heterocycles. The van der Waals surface area contributed by atoms with E-state index in [0.29, 0.717) is 11.8 Å². The van der Waals surface area contributed by atoms with Gasteiger partial charge in [-0.2, -0.15) is 0 Å². The normalized spacial score (nSPS) is 28.9. The number of nitrogens with one attached hydrogen (secondary N) is 1. The Morgan fingerprint density at radius 3 is 2.74 bits per heavy atom. The first-order chi connectivity index (χ1) is 8.68. The van der Waals surface area contributed by atoms with Crippen molar-refractivity contribution in [2.75, 3.05) is 19.6 Å². The first-order valence-electron chi connectivity index (χ1n) is 6.72. The second-order valence-corrected chi connectivity index (χ2v) is 5.55. The molecule has 3 rings (SSSR count). The van der Waals surface area contributed by atoms with Crippen LogP contribution in [-0.4, -0.2) is 30.4 Å². The number of hydrogen-bond donors (Lipinski definition) is 1. The molecular formula is C15H21ClN2O. The van der Waals surface area contributed by atoms with Crippen LogP contribution in [0.4, 0.5) is 0 Å². The summed E-state index contributed by atoms with van der Waals surface area (Å²) in [5, 5.41) is 3.46. The molecule has 3 atom stereocenters. The van der Waals surface area contributed by atoms with E-state index in [1.807, 2.05) is 0 Å². The molecule has 2 fully saturated rings. The zero-order valence-corrected chi connectivity index (χ0v) is 12.2. The highest BCUT2D eigenvalue weighted by molar-refractivity contribution is 5.85. The number of carbonyl (C=O) groups excluding carboxylic acids is 1. The maximum Gasteiger partial charge on any atom is 0.219 e. The summed E-state index contributed by atoms with van der Waals surface area (Å²) < 4.78 is 0. The van der Waals surface area contributed by atoms with E-state index >= 15 is 0 Å². The van der Waals surface area contributed by atoms with Crippen LogP contribution in [0.3, 0.4) is 0 Å². The van der Waals surface area contributed by atoms with Crippen molar-refractivity contribution >= 4 is 18.3 Å². The Balaban J connectivity index is 0.00000133. The van der Waals surface area contributed by atoms with Gasteiger partial charge in [-0.25, -0.2) is 0 Å². The molecule has 0 radical (unpaired) electrons. The van der Waals surface area contributed by atoms with Gasteiger partial charge in [0.1, 0.15) is 0 Å². The second-order valence-electron chi connectivity index (χ2n) is 5.55. The van der Waals surface area contributed by atoms with Crippen LogP contribution in [0.15, 0.2) is 24.3 Å². The van der Waals surface area contributed by atoms with Gasteiger partial charge in [0, 0.05) is 32.5 Å². The number of halogens is 1. The molecule has 4 heteroatoms. The Morgan fingerprint density at radius 1 is 1.32 bits per heavy atom. The van der Waals surface area contributed by atoms with E-state index < -0.39 is 0 Å². The van der Waals surface area contributed by atoms with Crippen molar-refractivity contribution in [3.8, 4) is 0 Å². The summed E-state index contributed by atoms with van der Waals surface area (Å²) in [7, 11) is 0. The van der Waals surface area contributed by atoms with Gasteiger partial charge in [-0.3, -0.25) is 4.79 Å². The van der Waals surface area contributed by atoms with Crippen LogP contribution in [0.5, 0.6) is 0 Å². The second kappa shape index (κ2) is 5.51. The summed E-state index contributed by atoms with van der Waals surface area (Å²) in [5.74, 6) is 1.41. The minimum atomic E-state index is 0. The zero-order valence-electron chi connectivity index (χ0n) is 11.4. The fraction of sp³-hybridized carbons (Fsp3) is 0.533. The molecule has 0 unspecified atom stereocenters. The van der Waals surface area contributed by atoms with E-state index in [-0.39, 0.29) is 24.4 Å². The van der Waals surface area contributed by atoms with Gasteiger partial charge < -0.3 is 10.2 Å². The van der Waals surface area contributed by atoms with E-state index in [1.54, 1.807) is 6.92 Å². The molecule has 0 spiro atoms. The van der Waals surface area contributed by atoms with Gasteiger partial charge in [-0.05, 0) is 24.0 Å². The number of rotatable bonds is 1. The van der Waals surface area contributed by atoms with E-state index in [1.165, 1.54) is 11.1 Å². The number of amides is 1. The highest BCUT2D eigenvalue weighted by Crippen LogP contribution is 2.43. The number of hydrogen-bond acceptors (Lipinski definition) is 2. The summed E-state index contributed by atoms with van der Waals surface area (Å²) >= 11 is 0.